The maximum Gasteiger partial charge on any atom is 0.265 e. The molecule has 0 amide bonds. The van der Waals surface area contributed by atoms with Crippen LogP contribution in [0.25, 0.3) is 0 Å². The van der Waals surface area contributed by atoms with Gasteiger partial charge >= 0.3 is 0 Å². The highest BCUT2D eigenvalue weighted by Gasteiger charge is 2.22. The summed E-state index contributed by atoms with van der Waals surface area (Å²) in [4.78, 5) is 10.4. The van der Waals surface area contributed by atoms with Crippen molar-refractivity contribution in [3.05, 3.63) is 17.0 Å². The molecule has 0 unspecified atom stereocenters. The minimum Gasteiger partial charge on any atom is -0.476 e. The number of hydrogen-bond acceptors (Lipinski definition) is 7. The molecule has 0 bridgehead atoms. The predicted molar refractivity (Wildman–Crippen MR) is 74.3 cm³/mol. The number of ether oxygens (including phenoxy) is 1. The van der Waals surface area contributed by atoms with Gasteiger partial charge in [-0.15, -0.1) is 5.10 Å². The molecule has 2 aromatic rings. The number of piperidine rings is 1. The molecule has 1 N–H and O–H groups in total. The van der Waals surface area contributed by atoms with Gasteiger partial charge in [0.1, 0.15) is 4.60 Å². The van der Waals surface area contributed by atoms with Crippen molar-refractivity contribution in [3.63, 3.8) is 0 Å². The zero-order chi connectivity index (χ0) is 13.8. The number of nitrogens with one attached hydrogen (secondary N) is 1. The van der Waals surface area contributed by atoms with E-state index in [1.165, 1.54) is 0 Å². The van der Waals surface area contributed by atoms with E-state index in [0.29, 0.717) is 29.0 Å². The first kappa shape index (κ1) is 13.2. The first-order valence-corrected chi connectivity index (χ1v) is 7.19. The SMILES string of the molecule is Brc1cnc(OCC2CCN(c3nn[nH]n3)CC2)cn1. The molecule has 1 aliphatic heterocycles. The minimum absolute atomic E-state index is 0.517. The number of H-pyrrole nitrogens is 1. The Hall–Kier alpha value is -1.77. The average Bonchev–Trinajstić information content (AvgIpc) is 3.01. The lowest BCUT2D eigenvalue weighted by Gasteiger charge is -2.30. The third-order valence-electron chi connectivity index (χ3n) is 3.30. The topological polar surface area (TPSA) is 92.7 Å². The molecule has 1 fully saturated rings. The number of nitrogens with zero attached hydrogens (tertiary/aromatic N) is 6. The van der Waals surface area contributed by atoms with E-state index in [9.17, 15) is 0 Å². The molecule has 0 aliphatic carbocycles. The molecule has 0 spiro atoms. The van der Waals surface area contributed by atoms with Gasteiger partial charge in [0.25, 0.3) is 5.95 Å². The van der Waals surface area contributed by atoms with Gasteiger partial charge in [-0.25, -0.2) is 9.97 Å². The predicted octanol–water partition coefficient (Wildman–Crippen LogP) is 1.05. The van der Waals surface area contributed by atoms with Gasteiger partial charge in [0.05, 0.1) is 19.0 Å². The van der Waals surface area contributed by atoms with Crippen LogP contribution in [0, 0.1) is 5.92 Å². The summed E-state index contributed by atoms with van der Waals surface area (Å²) < 4.78 is 6.37. The Morgan fingerprint density at radius 1 is 1.30 bits per heavy atom. The molecule has 1 aliphatic rings. The van der Waals surface area contributed by atoms with Gasteiger partial charge in [-0.3, -0.25) is 0 Å². The van der Waals surface area contributed by atoms with E-state index in [1.54, 1.807) is 12.4 Å². The highest BCUT2D eigenvalue weighted by atomic mass is 79.9. The number of aromatic amines is 1. The van der Waals surface area contributed by atoms with Gasteiger partial charge in [0.2, 0.25) is 5.88 Å². The summed E-state index contributed by atoms with van der Waals surface area (Å²) in [6.45, 7) is 2.50. The molecule has 1 saturated heterocycles. The second-order valence-corrected chi connectivity index (χ2v) is 5.44. The molecule has 9 heteroatoms. The number of rotatable bonds is 4. The second kappa shape index (κ2) is 6.12. The van der Waals surface area contributed by atoms with Crippen LogP contribution < -0.4 is 9.64 Å². The average molecular weight is 340 g/mol. The van der Waals surface area contributed by atoms with Crippen molar-refractivity contribution in [2.24, 2.45) is 5.92 Å². The molecule has 0 radical (unpaired) electrons. The molecule has 0 aromatic carbocycles. The molecule has 20 heavy (non-hydrogen) atoms. The van der Waals surface area contributed by atoms with Gasteiger partial charge in [0.15, 0.2) is 0 Å². The van der Waals surface area contributed by atoms with E-state index < -0.39 is 0 Å². The lowest BCUT2D eigenvalue weighted by molar-refractivity contribution is 0.215. The highest BCUT2D eigenvalue weighted by Crippen LogP contribution is 2.20. The Kier molecular flexibility index (Phi) is 4.05. The van der Waals surface area contributed by atoms with E-state index in [4.69, 9.17) is 4.74 Å². The van der Waals surface area contributed by atoms with Crippen LogP contribution >= 0.6 is 15.9 Å². The number of hydrogen-bond donors (Lipinski definition) is 1. The Balaban J connectivity index is 1.45. The van der Waals surface area contributed by atoms with Crippen molar-refractivity contribution >= 4 is 21.9 Å². The largest absolute Gasteiger partial charge is 0.476 e. The van der Waals surface area contributed by atoms with Crippen molar-refractivity contribution in [3.8, 4) is 5.88 Å². The van der Waals surface area contributed by atoms with Crippen LogP contribution in [0.1, 0.15) is 12.8 Å². The maximum absolute atomic E-state index is 5.66. The van der Waals surface area contributed by atoms with Gasteiger partial charge in [-0.05, 0) is 39.9 Å². The summed E-state index contributed by atoms with van der Waals surface area (Å²) in [6.07, 6.45) is 5.34. The molecule has 2 aromatic heterocycles. The van der Waals surface area contributed by atoms with Crippen LogP contribution in [-0.2, 0) is 0 Å². The molecule has 106 valence electrons. The molecular weight excluding hydrogens is 326 g/mol. The fourth-order valence-corrected chi connectivity index (χ4v) is 2.37. The third kappa shape index (κ3) is 3.21. The van der Waals surface area contributed by atoms with Crippen LogP contribution in [-0.4, -0.2) is 50.3 Å². The van der Waals surface area contributed by atoms with Crippen molar-refractivity contribution in [2.75, 3.05) is 24.6 Å². The fourth-order valence-electron chi connectivity index (χ4n) is 2.17. The smallest absolute Gasteiger partial charge is 0.265 e. The zero-order valence-electron chi connectivity index (χ0n) is 10.7. The van der Waals surface area contributed by atoms with Crippen LogP contribution in [0.4, 0.5) is 5.95 Å². The third-order valence-corrected chi connectivity index (χ3v) is 3.70. The maximum atomic E-state index is 5.66. The van der Waals surface area contributed by atoms with Gasteiger partial charge in [-0.1, -0.05) is 5.10 Å². The van der Waals surface area contributed by atoms with Crippen molar-refractivity contribution in [2.45, 2.75) is 12.8 Å². The summed E-state index contributed by atoms with van der Waals surface area (Å²) >= 11 is 3.24. The summed E-state index contributed by atoms with van der Waals surface area (Å²) in [5.41, 5.74) is 0. The molecule has 3 rings (SSSR count). The fraction of sp³-hybridized carbons (Fsp3) is 0.545. The molecular formula is C11H14BrN7O. The monoisotopic (exact) mass is 339 g/mol. The van der Waals surface area contributed by atoms with Crippen molar-refractivity contribution in [1.29, 1.82) is 0 Å². The number of aromatic nitrogens is 6. The van der Waals surface area contributed by atoms with Crippen molar-refractivity contribution in [1.82, 2.24) is 30.6 Å². The molecule has 3 heterocycles. The standard InChI is InChI=1S/C11H14BrN7O/c12-9-5-14-10(6-13-9)20-7-8-1-3-19(4-2-8)11-15-17-18-16-11/h5-6,8H,1-4,7H2,(H,15,16,17,18). The quantitative estimate of drug-likeness (QED) is 0.889. The molecule has 0 atom stereocenters. The summed E-state index contributed by atoms with van der Waals surface area (Å²) in [7, 11) is 0. The second-order valence-electron chi connectivity index (χ2n) is 4.63. The Morgan fingerprint density at radius 2 is 2.15 bits per heavy atom. The number of tetrazole rings is 1. The zero-order valence-corrected chi connectivity index (χ0v) is 12.3. The number of anilines is 1. The lowest BCUT2D eigenvalue weighted by atomic mass is 9.98. The first-order valence-electron chi connectivity index (χ1n) is 6.40. The highest BCUT2D eigenvalue weighted by molar-refractivity contribution is 9.10. The van der Waals surface area contributed by atoms with Crippen LogP contribution in [0.2, 0.25) is 0 Å². The summed E-state index contributed by atoms with van der Waals surface area (Å²) in [5.74, 6) is 1.75. The van der Waals surface area contributed by atoms with E-state index >= 15 is 0 Å². The lowest BCUT2D eigenvalue weighted by Crippen LogP contribution is -2.36. The minimum atomic E-state index is 0.517. The molecule has 0 saturated carbocycles. The van der Waals surface area contributed by atoms with Gasteiger partial charge < -0.3 is 9.64 Å². The van der Waals surface area contributed by atoms with Gasteiger partial charge in [-0.2, -0.15) is 5.21 Å². The normalized spacial score (nSPS) is 16.4. The summed E-state index contributed by atoms with van der Waals surface area (Å²) in [5, 5.41) is 14.0. The Labute approximate surface area is 124 Å². The van der Waals surface area contributed by atoms with E-state index in [1.807, 2.05) is 0 Å². The Bertz CT molecular complexity index is 524. The van der Waals surface area contributed by atoms with Crippen LogP contribution in [0.15, 0.2) is 17.0 Å². The summed E-state index contributed by atoms with van der Waals surface area (Å²) in [6, 6.07) is 0. The van der Waals surface area contributed by atoms with E-state index in [2.05, 4.69) is 51.4 Å². The Morgan fingerprint density at radius 3 is 2.80 bits per heavy atom. The van der Waals surface area contributed by atoms with Crippen LogP contribution in [0.3, 0.4) is 0 Å². The van der Waals surface area contributed by atoms with Gasteiger partial charge in [0, 0.05) is 13.1 Å². The van der Waals surface area contributed by atoms with E-state index in [-0.39, 0.29) is 0 Å². The van der Waals surface area contributed by atoms with Crippen LogP contribution in [0.5, 0.6) is 5.88 Å². The first-order chi connectivity index (χ1) is 9.81. The van der Waals surface area contributed by atoms with E-state index in [0.717, 1.165) is 25.9 Å². The van der Waals surface area contributed by atoms with Crippen molar-refractivity contribution < 1.29 is 4.74 Å². The number of halogens is 1. The molecule has 8 nitrogen and oxygen atoms in total.